The first-order chi connectivity index (χ1) is 14.6. The summed E-state index contributed by atoms with van der Waals surface area (Å²) in [7, 11) is 0. The molecule has 1 aliphatic heterocycles. The molecule has 0 radical (unpaired) electrons. The number of benzene rings is 1. The second-order valence-corrected chi connectivity index (χ2v) is 7.05. The molecule has 1 aliphatic rings. The monoisotopic (exact) mass is 407 g/mol. The first-order valence-corrected chi connectivity index (χ1v) is 9.68. The Hall–Kier alpha value is -3.82. The second kappa shape index (κ2) is 8.68. The topological polar surface area (TPSA) is 119 Å². The molecule has 1 saturated heterocycles. The van der Waals surface area contributed by atoms with Crippen molar-refractivity contribution >= 4 is 17.3 Å². The van der Waals surface area contributed by atoms with E-state index in [1.807, 2.05) is 17.0 Å². The highest BCUT2D eigenvalue weighted by Gasteiger charge is 2.28. The Labute approximate surface area is 172 Å². The number of hydrogen-bond donors (Lipinski definition) is 1. The maximum Gasteiger partial charge on any atom is 0.292 e. The molecule has 0 atom stereocenters. The number of carbonyl (C=O) groups is 1. The number of carbonyl (C=O) groups excluding carboxylic acids is 1. The standard InChI is InChI=1S/C20H21N7O3/c28-20(23-12-16-4-3-9-22-19(16)26-14-21-13-24-26)15-7-10-25(11-8-15)17-5-1-2-6-18(17)27(29)30/h1-6,9,13-15H,7-8,10-12H2,(H,23,28). The minimum absolute atomic E-state index is 0.0226. The summed E-state index contributed by atoms with van der Waals surface area (Å²) in [5, 5.41) is 18.4. The molecule has 0 spiro atoms. The predicted octanol–water partition coefficient (Wildman–Crippen LogP) is 2.10. The average molecular weight is 407 g/mol. The molecule has 1 amide bonds. The molecule has 1 aromatic carbocycles. The van der Waals surface area contributed by atoms with Gasteiger partial charge in [-0.25, -0.2) is 14.6 Å². The first-order valence-electron chi connectivity index (χ1n) is 9.68. The van der Waals surface area contributed by atoms with Gasteiger partial charge in [-0.05, 0) is 25.0 Å². The van der Waals surface area contributed by atoms with Gasteiger partial charge in [-0.3, -0.25) is 14.9 Å². The molecule has 3 heterocycles. The highest BCUT2D eigenvalue weighted by Crippen LogP contribution is 2.31. The van der Waals surface area contributed by atoms with E-state index in [1.165, 1.54) is 12.4 Å². The van der Waals surface area contributed by atoms with Crippen LogP contribution in [0.5, 0.6) is 0 Å². The van der Waals surface area contributed by atoms with Gasteiger partial charge in [-0.2, -0.15) is 5.10 Å². The van der Waals surface area contributed by atoms with Crippen LogP contribution in [0.4, 0.5) is 11.4 Å². The number of piperidine rings is 1. The number of nitrogens with zero attached hydrogens (tertiary/aromatic N) is 6. The van der Waals surface area contributed by atoms with Crippen LogP contribution in [-0.2, 0) is 11.3 Å². The summed E-state index contributed by atoms with van der Waals surface area (Å²) in [6, 6.07) is 10.4. The SMILES string of the molecule is O=C(NCc1cccnc1-n1cncn1)C1CCN(c2ccccc2[N+](=O)[O-])CC1. The molecule has 10 nitrogen and oxygen atoms in total. The fraction of sp³-hybridized carbons (Fsp3) is 0.300. The smallest absolute Gasteiger partial charge is 0.292 e. The highest BCUT2D eigenvalue weighted by atomic mass is 16.6. The fourth-order valence-corrected chi connectivity index (χ4v) is 3.69. The molecular weight excluding hydrogens is 386 g/mol. The number of anilines is 1. The van der Waals surface area contributed by atoms with E-state index in [-0.39, 0.29) is 22.4 Å². The summed E-state index contributed by atoms with van der Waals surface area (Å²) in [6.07, 6.45) is 5.94. The van der Waals surface area contributed by atoms with Crippen LogP contribution in [0.3, 0.4) is 0 Å². The van der Waals surface area contributed by atoms with Crippen molar-refractivity contribution in [3.8, 4) is 5.82 Å². The molecule has 0 bridgehead atoms. The fourth-order valence-electron chi connectivity index (χ4n) is 3.69. The second-order valence-electron chi connectivity index (χ2n) is 7.05. The van der Waals surface area contributed by atoms with Crippen LogP contribution in [0.1, 0.15) is 18.4 Å². The number of amides is 1. The summed E-state index contributed by atoms with van der Waals surface area (Å²) in [5.41, 5.74) is 1.54. The van der Waals surface area contributed by atoms with Gasteiger partial charge in [0, 0.05) is 43.4 Å². The van der Waals surface area contributed by atoms with Gasteiger partial charge in [-0.15, -0.1) is 0 Å². The average Bonchev–Trinajstić information content (AvgIpc) is 3.32. The summed E-state index contributed by atoms with van der Waals surface area (Å²) in [4.78, 5) is 33.8. The molecule has 0 saturated carbocycles. The largest absolute Gasteiger partial charge is 0.366 e. The zero-order chi connectivity index (χ0) is 20.9. The normalized spacial score (nSPS) is 14.5. The minimum Gasteiger partial charge on any atom is -0.366 e. The lowest BCUT2D eigenvalue weighted by atomic mass is 9.95. The number of pyridine rings is 1. The lowest BCUT2D eigenvalue weighted by molar-refractivity contribution is -0.384. The van der Waals surface area contributed by atoms with E-state index in [1.54, 1.807) is 35.4 Å². The van der Waals surface area contributed by atoms with Crippen LogP contribution in [0.15, 0.2) is 55.2 Å². The number of nitro benzene ring substituents is 1. The van der Waals surface area contributed by atoms with Crippen molar-refractivity contribution in [3.05, 3.63) is 70.9 Å². The van der Waals surface area contributed by atoms with Crippen LogP contribution in [0, 0.1) is 16.0 Å². The zero-order valence-electron chi connectivity index (χ0n) is 16.2. The molecule has 1 fully saturated rings. The minimum atomic E-state index is -0.366. The maximum absolute atomic E-state index is 12.7. The van der Waals surface area contributed by atoms with Crippen molar-refractivity contribution in [1.29, 1.82) is 0 Å². The Balaban J connectivity index is 1.36. The third kappa shape index (κ3) is 4.12. The maximum atomic E-state index is 12.7. The molecule has 2 aromatic heterocycles. The summed E-state index contributed by atoms with van der Waals surface area (Å²) < 4.78 is 1.56. The van der Waals surface area contributed by atoms with Crippen molar-refractivity contribution in [2.45, 2.75) is 19.4 Å². The van der Waals surface area contributed by atoms with Crippen LogP contribution < -0.4 is 10.2 Å². The van der Waals surface area contributed by atoms with Gasteiger partial charge in [0.25, 0.3) is 5.69 Å². The third-order valence-corrected chi connectivity index (χ3v) is 5.24. The van der Waals surface area contributed by atoms with Crippen molar-refractivity contribution < 1.29 is 9.72 Å². The van der Waals surface area contributed by atoms with Gasteiger partial charge in [0.2, 0.25) is 5.91 Å². The first kappa shape index (κ1) is 19.5. The number of hydrogen-bond acceptors (Lipinski definition) is 7. The van der Waals surface area contributed by atoms with Gasteiger partial charge >= 0.3 is 0 Å². The highest BCUT2D eigenvalue weighted by molar-refractivity contribution is 5.79. The molecule has 10 heteroatoms. The molecule has 0 aliphatic carbocycles. The Morgan fingerprint density at radius 1 is 1.20 bits per heavy atom. The molecule has 30 heavy (non-hydrogen) atoms. The van der Waals surface area contributed by atoms with E-state index in [2.05, 4.69) is 20.4 Å². The third-order valence-electron chi connectivity index (χ3n) is 5.24. The molecule has 0 unspecified atom stereocenters. The molecular formula is C20H21N7O3. The van der Waals surface area contributed by atoms with Crippen molar-refractivity contribution in [3.63, 3.8) is 0 Å². The van der Waals surface area contributed by atoms with Gasteiger partial charge in [0.1, 0.15) is 18.3 Å². The van der Waals surface area contributed by atoms with E-state index in [0.29, 0.717) is 44.0 Å². The Morgan fingerprint density at radius 2 is 2.00 bits per heavy atom. The number of aromatic nitrogens is 4. The van der Waals surface area contributed by atoms with E-state index in [4.69, 9.17) is 0 Å². The Bertz CT molecular complexity index is 1030. The Morgan fingerprint density at radius 3 is 2.73 bits per heavy atom. The number of para-hydroxylation sites is 2. The van der Waals surface area contributed by atoms with E-state index in [9.17, 15) is 14.9 Å². The predicted molar refractivity (Wildman–Crippen MR) is 109 cm³/mol. The Kier molecular flexibility index (Phi) is 5.64. The van der Waals surface area contributed by atoms with Crippen LogP contribution >= 0.6 is 0 Å². The van der Waals surface area contributed by atoms with E-state index >= 15 is 0 Å². The molecule has 1 N–H and O–H groups in total. The molecule has 4 rings (SSSR count). The zero-order valence-corrected chi connectivity index (χ0v) is 16.2. The lowest BCUT2D eigenvalue weighted by Gasteiger charge is -2.32. The molecule has 3 aromatic rings. The summed E-state index contributed by atoms with van der Waals surface area (Å²) in [6.45, 7) is 1.53. The van der Waals surface area contributed by atoms with Gasteiger partial charge < -0.3 is 10.2 Å². The van der Waals surface area contributed by atoms with E-state index < -0.39 is 0 Å². The van der Waals surface area contributed by atoms with E-state index in [0.717, 1.165) is 5.56 Å². The van der Waals surface area contributed by atoms with Crippen LogP contribution in [-0.4, -0.2) is 43.7 Å². The van der Waals surface area contributed by atoms with Gasteiger partial charge in [-0.1, -0.05) is 18.2 Å². The molecule has 154 valence electrons. The van der Waals surface area contributed by atoms with Crippen LogP contribution in [0.2, 0.25) is 0 Å². The van der Waals surface area contributed by atoms with Gasteiger partial charge in [0.15, 0.2) is 5.82 Å². The number of nitrogens with one attached hydrogen (secondary N) is 1. The van der Waals surface area contributed by atoms with Crippen molar-refractivity contribution in [2.24, 2.45) is 5.92 Å². The quantitative estimate of drug-likeness (QED) is 0.491. The van der Waals surface area contributed by atoms with Crippen LogP contribution in [0.25, 0.3) is 5.82 Å². The summed E-state index contributed by atoms with van der Waals surface area (Å²) in [5.74, 6) is 0.475. The summed E-state index contributed by atoms with van der Waals surface area (Å²) >= 11 is 0. The lowest BCUT2D eigenvalue weighted by Crippen LogP contribution is -2.40. The number of nitro groups is 1. The van der Waals surface area contributed by atoms with Crippen molar-refractivity contribution in [2.75, 3.05) is 18.0 Å². The number of rotatable bonds is 6. The van der Waals surface area contributed by atoms with Gasteiger partial charge in [0.05, 0.1) is 4.92 Å². The van der Waals surface area contributed by atoms with Crippen molar-refractivity contribution in [1.82, 2.24) is 25.1 Å².